The second-order valence-electron chi connectivity index (χ2n) is 3.55. The van der Waals surface area contributed by atoms with E-state index in [1.807, 2.05) is 0 Å². The molecule has 0 aliphatic carbocycles. The molecular formula is C13H11ClN2O3. The van der Waals surface area contributed by atoms with Gasteiger partial charge in [0.2, 0.25) is 0 Å². The number of hydrogen-bond donors (Lipinski definition) is 2. The Morgan fingerprint density at radius 2 is 1.74 bits per heavy atom. The van der Waals surface area contributed by atoms with Crippen molar-refractivity contribution in [2.45, 2.75) is 0 Å². The number of carboxylic acid groups (broad SMARTS) is 1. The van der Waals surface area contributed by atoms with Crippen LogP contribution in [0.5, 0.6) is 0 Å². The van der Waals surface area contributed by atoms with Crippen LogP contribution < -0.4 is 5.32 Å². The molecule has 6 heteroatoms. The van der Waals surface area contributed by atoms with Crippen molar-refractivity contribution in [2.24, 2.45) is 0 Å². The number of carbonyl (C=O) groups excluding carboxylic acids is 1. The Labute approximate surface area is 115 Å². The van der Waals surface area contributed by atoms with Crippen LogP contribution in [0.4, 0.5) is 5.69 Å². The molecule has 1 heterocycles. The van der Waals surface area contributed by atoms with Crippen LogP contribution in [0, 0.1) is 0 Å². The lowest BCUT2D eigenvalue weighted by Gasteiger charge is -2.04. The molecule has 0 bridgehead atoms. The number of pyridine rings is 1. The predicted octanol–water partition coefficient (Wildman–Crippen LogP) is 2.45. The summed E-state index contributed by atoms with van der Waals surface area (Å²) < 4.78 is 0. The number of amides is 1. The Hall–Kier alpha value is -2.40. The highest BCUT2D eigenvalue weighted by molar-refractivity contribution is 6.03. The summed E-state index contributed by atoms with van der Waals surface area (Å²) in [5.41, 5.74) is 1.00. The molecule has 0 radical (unpaired) electrons. The number of aromatic carboxylic acids is 1. The Kier molecular flexibility index (Phi) is 5.02. The topological polar surface area (TPSA) is 79.3 Å². The van der Waals surface area contributed by atoms with Crippen molar-refractivity contribution in [3.8, 4) is 0 Å². The first-order valence-electron chi connectivity index (χ1n) is 5.22. The Bertz CT molecular complexity index is 570. The fourth-order valence-electron chi connectivity index (χ4n) is 1.39. The van der Waals surface area contributed by atoms with E-state index in [1.165, 1.54) is 30.5 Å². The highest BCUT2D eigenvalue weighted by Crippen LogP contribution is 2.10. The molecular weight excluding hydrogens is 268 g/mol. The van der Waals surface area contributed by atoms with Gasteiger partial charge in [-0.2, -0.15) is 0 Å². The van der Waals surface area contributed by atoms with Gasteiger partial charge in [0.05, 0.1) is 5.56 Å². The molecule has 2 aromatic rings. The van der Waals surface area contributed by atoms with Gasteiger partial charge in [0.1, 0.15) is 5.69 Å². The summed E-state index contributed by atoms with van der Waals surface area (Å²) in [7, 11) is 0. The summed E-state index contributed by atoms with van der Waals surface area (Å²) in [5, 5.41) is 11.4. The van der Waals surface area contributed by atoms with Crippen molar-refractivity contribution >= 4 is 30.0 Å². The van der Waals surface area contributed by atoms with Gasteiger partial charge in [-0.25, -0.2) is 4.79 Å². The minimum atomic E-state index is -1.00. The quantitative estimate of drug-likeness (QED) is 0.904. The lowest BCUT2D eigenvalue weighted by molar-refractivity contribution is 0.0696. The molecule has 0 spiro atoms. The van der Waals surface area contributed by atoms with Crippen molar-refractivity contribution in [1.82, 2.24) is 4.98 Å². The van der Waals surface area contributed by atoms with Gasteiger partial charge in [-0.3, -0.25) is 9.78 Å². The van der Waals surface area contributed by atoms with Gasteiger partial charge in [-0.15, -0.1) is 12.4 Å². The van der Waals surface area contributed by atoms with E-state index in [1.54, 1.807) is 18.2 Å². The predicted molar refractivity (Wildman–Crippen MR) is 72.8 cm³/mol. The van der Waals surface area contributed by atoms with Crippen LogP contribution in [0.2, 0.25) is 0 Å². The largest absolute Gasteiger partial charge is 0.478 e. The van der Waals surface area contributed by atoms with Gasteiger partial charge < -0.3 is 10.4 Å². The van der Waals surface area contributed by atoms with Crippen LogP contribution in [0.15, 0.2) is 48.7 Å². The van der Waals surface area contributed by atoms with Gasteiger partial charge in [-0.05, 0) is 36.4 Å². The number of nitrogens with zero attached hydrogens (tertiary/aromatic N) is 1. The molecule has 0 aliphatic heterocycles. The maximum Gasteiger partial charge on any atom is 0.335 e. The van der Waals surface area contributed by atoms with E-state index in [2.05, 4.69) is 10.3 Å². The van der Waals surface area contributed by atoms with E-state index in [4.69, 9.17) is 5.11 Å². The van der Waals surface area contributed by atoms with Crippen LogP contribution in [0.1, 0.15) is 20.8 Å². The van der Waals surface area contributed by atoms with Gasteiger partial charge in [0.15, 0.2) is 0 Å². The van der Waals surface area contributed by atoms with E-state index in [0.717, 1.165) is 0 Å². The Balaban J connectivity index is 0.00000180. The van der Waals surface area contributed by atoms with Gasteiger partial charge >= 0.3 is 5.97 Å². The van der Waals surface area contributed by atoms with Gasteiger partial charge in [0, 0.05) is 11.9 Å². The maximum absolute atomic E-state index is 11.7. The van der Waals surface area contributed by atoms with Crippen molar-refractivity contribution in [3.05, 3.63) is 59.9 Å². The summed E-state index contributed by atoms with van der Waals surface area (Å²) in [6, 6.07) is 11.0. The molecule has 0 saturated carbocycles. The second kappa shape index (κ2) is 6.51. The first kappa shape index (κ1) is 14.7. The molecule has 5 nitrogen and oxygen atoms in total. The molecule has 2 rings (SSSR count). The first-order valence-corrected chi connectivity index (χ1v) is 5.22. The highest BCUT2D eigenvalue weighted by atomic mass is 35.5. The summed E-state index contributed by atoms with van der Waals surface area (Å²) >= 11 is 0. The minimum Gasteiger partial charge on any atom is -0.478 e. The number of rotatable bonds is 3. The van der Waals surface area contributed by atoms with E-state index in [9.17, 15) is 9.59 Å². The average molecular weight is 279 g/mol. The molecule has 0 atom stereocenters. The molecule has 0 aliphatic rings. The summed E-state index contributed by atoms with van der Waals surface area (Å²) in [6.07, 6.45) is 1.53. The van der Waals surface area contributed by atoms with Crippen LogP contribution >= 0.6 is 12.4 Å². The third-order valence-electron chi connectivity index (χ3n) is 2.29. The maximum atomic E-state index is 11.7. The molecule has 0 saturated heterocycles. The average Bonchev–Trinajstić information content (AvgIpc) is 2.40. The zero-order valence-corrected chi connectivity index (χ0v) is 10.6. The zero-order chi connectivity index (χ0) is 13.0. The molecule has 1 amide bonds. The number of anilines is 1. The molecule has 0 fully saturated rings. The Morgan fingerprint density at radius 1 is 1.05 bits per heavy atom. The number of hydrogen-bond acceptors (Lipinski definition) is 3. The van der Waals surface area contributed by atoms with Crippen LogP contribution in [-0.4, -0.2) is 22.0 Å². The van der Waals surface area contributed by atoms with E-state index < -0.39 is 5.97 Å². The second-order valence-corrected chi connectivity index (χ2v) is 3.55. The fraction of sp³-hybridized carbons (Fsp3) is 0. The van der Waals surface area contributed by atoms with Gasteiger partial charge in [-0.1, -0.05) is 6.07 Å². The number of carbonyl (C=O) groups is 2. The molecule has 0 unspecified atom stereocenters. The van der Waals surface area contributed by atoms with Crippen LogP contribution in [0.25, 0.3) is 0 Å². The molecule has 1 aromatic heterocycles. The molecule has 1 aromatic carbocycles. The van der Waals surface area contributed by atoms with Gasteiger partial charge in [0.25, 0.3) is 5.91 Å². The fourth-order valence-corrected chi connectivity index (χ4v) is 1.39. The number of halogens is 1. The number of nitrogens with one attached hydrogen (secondary N) is 1. The highest BCUT2D eigenvalue weighted by Gasteiger charge is 2.07. The van der Waals surface area contributed by atoms with Crippen molar-refractivity contribution in [1.29, 1.82) is 0 Å². The SMILES string of the molecule is Cl.O=C(O)c1ccc(NC(=O)c2ccccn2)cc1. The lowest BCUT2D eigenvalue weighted by atomic mass is 10.2. The number of carboxylic acids is 1. The van der Waals surface area contributed by atoms with E-state index in [0.29, 0.717) is 11.4 Å². The summed E-state index contributed by atoms with van der Waals surface area (Å²) in [6.45, 7) is 0. The lowest BCUT2D eigenvalue weighted by Crippen LogP contribution is -2.13. The Morgan fingerprint density at radius 3 is 2.26 bits per heavy atom. The monoisotopic (exact) mass is 278 g/mol. The van der Waals surface area contributed by atoms with Crippen molar-refractivity contribution in [2.75, 3.05) is 5.32 Å². The normalized spacial score (nSPS) is 9.26. The smallest absolute Gasteiger partial charge is 0.335 e. The number of benzene rings is 1. The summed E-state index contributed by atoms with van der Waals surface area (Å²) in [4.78, 5) is 26.3. The van der Waals surface area contributed by atoms with Crippen LogP contribution in [0.3, 0.4) is 0 Å². The zero-order valence-electron chi connectivity index (χ0n) is 9.74. The van der Waals surface area contributed by atoms with E-state index >= 15 is 0 Å². The molecule has 98 valence electrons. The van der Waals surface area contributed by atoms with Crippen molar-refractivity contribution in [3.63, 3.8) is 0 Å². The standard InChI is InChI=1S/C13H10N2O3.ClH/c16-12(11-3-1-2-8-14-11)15-10-6-4-9(5-7-10)13(17)18;/h1-8H,(H,15,16)(H,17,18);1H. The summed E-state index contributed by atoms with van der Waals surface area (Å²) in [5.74, 6) is -1.34. The molecule has 2 N–H and O–H groups in total. The first-order chi connectivity index (χ1) is 8.66. The molecule has 19 heavy (non-hydrogen) atoms. The van der Waals surface area contributed by atoms with Crippen LogP contribution in [-0.2, 0) is 0 Å². The van der Waals surface area contributed by atoms with E-state index in [-0.39, 0.29) is 23.9 Å². The number of aromatic nitrogens is 1. The minimum absolute atomic E-state index is 0. The third-order valence-corrected chi connectivity index (χ3v) is 2.29. The van der Waals surface area contributed by atoms with Crippen molar-refractivity contribution < 1.29 is 14.7 Å². The third kappa shape index (κ3) is 3.79.